The fourth-order valence-electron chi connectivity index (χ4n) is 6.16. The fraction of sp³-hybridized carbons (Fsp3) is 0.571. The van der Waals surface area contributed by atoms with Crippen molar-refractivity contribution in [2.45, 2.75) is 71.0 Å². The molecule has 0 N–H and O–H groups in total. The van der Waals surface area contributed by atoms with Crippen LogP contribution in [-0.2, 0) is 25.9 Å². The summed E-state index contributed by atoms with van der Waals surface area (Å²) in [5.41, 5.74) is 6.17. The van der Waals surface area contributed by atoms with Gasteiger partial charge in [-0.15, -0.1) is 0 Å². The fourth-order valence-corrected chi connectivity index (χ4v) is 6.16. The number of pyridine rings is 1. The molecule has 1 aromatic heterocycles. The zero-order valence-electron chi connectivity index (χ0n) is 19.9. The first-order valence-electron chi connectivity index (χ1n) is 13.1. The van der Waals surface area contributed by atoms with Crippen molar-refractivity contribution >= 4 is 11.7 Å². The summed E-state index contributed by atoms with van der Waals surface area (Å²) in [7, 11) is 0. The number of anilines is 1. The molecule has 1 aliphatic carbocycles. The van der Waals surface area contributed by atoms with Gasteiger partial charge in [0.15, 0.2) is 0 Å². The van der Waals surface area contributed by atoms with Crippen LogP contribution in [0.5, 0.6) is 0 Å². The highest BCUT2D eigenvalue weighted by molar-refractivity contribution is 5.98. The first kappa shape index (κ1) is 21.2. The molecule has 2 aromatic rings. The maximum Gasteiger partial charge on any atom is 0.256 e. The van der Waals surface area contributed by atoms with Gasteiger partial charge in [-0.3, -0.25) is 9.69 Å². The van der Waals surface area contributed by atoms with Crippen molar-refractivity contribution in [1.82, 2.24) is 14.8 Å². The van der Waals surface area contributed by atoms with Gasteiger partial charge in [-0.1, -0.05) is 38.0 Å². The first-order chi connectivity index (χ1) is 16.2. The number of carbonyl (C=O) groups is 1. The van der Waals surface area contributed by atoms with Crippen LogP contribution >= 0.6 is 0 Å². The maximum atomic E-state index is 13.1. The second-order valence-electron chi connectivity index (χ2n) is 10.6. The van der Waals surface area contributed by atoms with Gasteiger partial charge in [-0.2, -0.15) is 0 Å². The largest absolute Gasteiger partial charge is 0.356 e. The maximum absolute atomic E-state index is 13.1. The summed E-state index contributed by atoms with van der Waals surface area (Å²) in [6.07, 6.45) is 10.8. The molecule has 3 aliphatic heterocycles. The van der Waals surface area contributed by atoms with Gasteiger partial charge in [0, 0.05) is 51.5 Å². The SMILES string of the molecule is CCC1CCN(c2cc3c(cn2)C(=O)N(Cc2ccc4c(c2)CCN(C2CCC2)CC4)C3)C1. The van der Waals surface area contributed by atoms with E-state index in [0.29, 0.717) is 13.1 Å². The average molecular weight is 445 g/mol. The molecule has 1 aromatic carbocycles. The van der Waals surface area contributed by atoms with Gasteiger partial charge < -0.3 is 9.80 Å². The lowest BCUT2D eigenvalue weighted by Gasteiger charge is -2.36. The molecule has 4 aliphatic rings. The Bertz CT molecular complexity index is 1050. The van der Waals surface area contributed by atoms with Gasteiger partial charge in [-0.25, -0.2) is 4.98 Å². The number of rotatable bonds is 5. The van der Waals surface area contributed by atoms with Crippen molar-refractivity contribution in [3.05, 3.63) is 58.3 Å². The number of aromatic nitrogens is 1. The van der Waals surface area contributed by atoms with E-state index in [1.807, 2.05) is 11.1 Å². The van der Waals surface area contributed by atoms with Crippen molar-refractivity contribution in [2.24, 2.45) is 5.92 Å². The quantitative estimate of drug-likeness (QED) is 0.684. The molecule has 1 amide bonds. The number of nitrogens with zero attached hydrogens (tertiary/aromatic N) is 4. The Hall–Kier alpha value is -2.40. The van der Waals surface area contributed by atoms with E-state index >= 15 is 0 Å². The number of amides is 1. The highest BCUT2D eigenvalue weighted by Crippen LogP contribution is 2.31. The molecule has 1 unspecified atom stereocenters. The third-order valence-electron chi connectivity index (χ3n) is 8.61. The van der Waals surface area contributed by atoms with E-state index in [0.717, 1.165) is 54.8 Å². The Kier molecular flexibility index (Phi) is 5.61. The Labute approximate surface area is 197 Å². The number of hydrogen-bond donors (Lipinski definition) is 0. The lowest BCUT2D eigenvalue weighted by Crippen LogP contribution is -2.41. The molecular weight excluding hydrogens is 408 g/mol. The van der Waals surface area contributed by atoms with E-state index in [4.69, 9.17) is 0 Å². The molecule has 0 bridgehead atoms. The van der Waals surface area contributed by atoms with Gasteiger partial charge >= 0.3 is 0 Å². The lowest BCUT2D eigenvalue weighted by atomic mass is 9.91. The monoisotopic (exact) mass is 444 g/mol. The van der Waals surface area contributed by atoms with Crippen molar-refractivity contribution in [1.29, 1.82) is 0 Å². The minimum atomic E-state index is 0.128. The lowest BCUT2D eigenvalue weighted by molar-refractivity contribution is 0.0766. The van der Waals surface area contributed by atoms with Crippen LogP contribution in [0.4, 0.5) is 5.82 Å². The average Bonchev–Trinajstić information content (AvgIpc) is 3.33. The summed E-state index contributed by atoms with van der Waals surface area (Å²) >= 11 is 0. The molecule has 5 nitrogen and oxygen atoms in total. The summed E-state index contributed by atoms with van der Waals surface area (Å²) in [5, 5.41) is 0. The zero-order chi connectivity index (χ0) is 22.4. The summed E-state index contributed by atoms with van der Waals surface area (Å²) in [6.45, 7) is 8.20. The van der Waals surface area contributed by atoms with E-state index in [-0.39, 0.29) is 5.91 Å². The first-order valence-corrected chi connectivity index (χ1v) is 13.1. The van der Waals surface area contributed by atoms with Crippen LogP contribution < -0.4 is 4.90 Å². The number of hydrogen-bond acceptors (Lipinski definition) is 4. The van der Waals surface area contributed by atoms with Crippen LogP contribution in [0, 0.1) is 5.92 Å². The Balaban J connectivity index is 1.13. The smallest absolute Gasteiger partial charge is 0.256 e. The predicted octanol–water partition coefficient (Wildman–Crippen LogP) is 4.43. The van der Waals surface area contributed by atoms with Crippen LogP contribution in [0.25, 0.3) is 0 Å². The van der Waals surface area contributed by atoms with Crippen LogP contribution in [0.1, 0.15) is 71.6 Å². The summed E-state index contributed by atoms with van der Waals surface area (Å²) in [4.78, 5) is 24.9. The molecule has 0 spiro atoms. The van der Waals surface area contributed by atoms with E-state index < -0.39 is 0 Å². The number of benzene rings is 1. The van der Waals surface area contributed by atoms with Gasteiger partial charge in [0.2, 0.25) is 0 Å². The van der Waals surface area contributed by atoms with Crippen LogP contribution in [0.15, 0.2) is 30.5 Å². The molecule has 5 heteroatoms. The zero-order valence-corrected chi connectivity index (χ0v) is 19.9. The molecule has 33 heavy (non-hydrogen) atoms. The molecule has 1 atom stereocenters. The van der Waals surface area contributed by atoms with Gasteiger partial charge in [-0.05, 0) is 66.3 Å². The van der Waals surface area contributed by atoms with Crippen LogP contribution in [0.2, 0.25) is 0 Å². The molecule has 1 saturated heterocycles. The number of carbonyl (C=O) groups excluding carboxylic acids is 1. The van der Waals surface area contributed by atoms with Crippen molar-refractivity contribution < 1.29 is 4.79 Å². The number of fused-ring (bicyclic) bond motifs is 2. The Morgan fingerprint density at radius 3 is 2.61 bits per heavy atom. The second-order valence-corrected chi connectivity index (χ2v) is 10.6. The third-order valence-corrected chi connectivity index (χ3v) is 8.61. The van der Waals surface area contributed by atoms with E-state index in [1.54, 1.807) is 0 Å². The molecular formula is C28H36N4O. The van der Waals surface area contributed by atoms with E-state index in [1.165, 1.54) is 61.9 Å². The Morgan fingerprint density at radius 1 is 1.00 bits per heavy atom. The van der Waals surface area contributed by atoms with Gasteiger partial charge in [0.1, 0.15) is 5.82 Å². The highest BCUT2D eigenvalue weighted by atomic mass is 16.2. The third kappa shape index (κ3) is 4.05. The topological polar surface area (TPSA) is 39.7 Å². The van der Waals surface area contributed by atoms with Gasteiger partial charge in [0.25, 0.3) is 5.91 Å². The van der Waals surface area contributed by atoms with E-state index in [2.05, 4.69) is 46.0 Å². The highest BCUT2D eigenvalue weighted by Gasteiger charge is 2.31. The minimum absolute atomic E-state index is 0.128. The van der Waals surface area contributed by atoms with Crippen LogP contribution in [-0.4, -0.2) is 52.9 Å². The van der Waals surface area contributed by atoms with E-state index in [9.17, 15) is 4.79 Å². The van der Waals surface area contributed by atoms with Crippen LogP contribution in [0.3, 0.4) is 0 Å². The molecule has 2 fully saturated rings. The molecule has 4 heterocycles. The standard InChI is InChI=1S/C28H36N4O/c1-2-20-8-11-31(17-20)27-15-24-19-32(28(33)26(24)16-29-27)18-21-6-7-22-9-12-30(25-4-3-5-25)13-10-23(22)14-21/h6-7,14-16,20,25H,2-5,8-13,17-19H2,1H3. The Morgan fingerprint density at radius 2 is 1.85 bits per heavy atom. The summed E-state index contributed by atoms with van der Waals surface area (Å²) in [5.74, 6) is 1.94. The molecule has 174 valence electrons. The predicted molar refractivity (Wildman–Crippen MR) is 131 cm³/mol. The molecule has 6 rings (SSSR count). The normalized spacial score (nSPS) is 23.4. The van der Waals surface area contributed by atoms with Crippen molar-refractivity contribution in [3.8, 4) is 0 Å². The molecule has 0 radical (unpaired) electrons. The van der Waals surface area contributed by atoms with Crippen molar-refractivity contribution in [2.75, 3.05) is 31.1 Å². The second kappa shape index (κ2) is 8.75. The molecule has 1 saturated carbocycles. The summed E-state index contributed by atoms with van der Waals surface area (Å²) < 4.78 is 0. The van der Waals surface area contributed by atoms with Gasteiger partial charge in [0.05, 0.1) is 5.56 Å². The summed E-state index contributed by atoms with van der Waals surface area (Å²) in [6, 6.07) is 9.92. The van der Waals surface area contributed by atoms with Crippen molar-refractivity contribution in [3.63, 3.8) is 0 Å². The minimum Gasteiger partial charge on any atom is -0.356 e.